The van der Waals surface area contributed by atoms with Crippen molar-refractivity contribution in [1.82, 2.24) is 0 Å². The Kier molecular flexibility index (Phi) is 5.24. The largest absolute Gasteiger partial charge is 0.456 e. The molecule has 1 aliphatic rings. The number of nitrogens with one attached hydrogen (secondary N) is 1. The molecule has 0 saturated heterocycles. The molecule has 0 spiro atoms. The lowest BCUT2D eigenvalue weighted by Gasteiger charge is -2.08. The van der Waals surface area contributed by atoms with Gasteiger partial charge in [0.2, 0.25) is 0 Å². The van der Waals surface area contributed by atoms with Crippen molar-refractivity contribution >= 4 is 23.3 Å². The Hall–Kier alpha value is -2.70. The number of esters is 1. The van der Waals surface area contributed by atoms with Crippen molar-refractivity contribution in [2.45, 2.75) is 19.3 Å². The van der Waals surface area contributed by atoms with Crippen molar-refractivity contribution in [2.24, 2.45) is 5.92 Å². The summed E-state index contributed by atoms with van der Waals surface area (Å²) in [6, 6.07) is 5.41. The van der Waals surface area contributed by atoms with Crippen LogP contribution in [0.5, 0.6) is 0 Å². The molecule has 0 heterocycles. The van der Waals surface area contributed by atoms with Crippen LogP contribution in [0.15, 0.2) is 36.4 Å². The third-order valence-corrected chi connectivity index (χ3v) is 3.27. The molecular formula is C15H16N2O5. The van der Waals surface area contributed by atoms with Gasteiger partial charge < -0.3 is 10.1 Å². The first kappa shape index (κ1) is 15.7. The number of hydrogen-bond acceptors (Lipinski definition) is 5. The van der Waals surface area contributed by atoms with Crippen molar-refractivity contribution < 1.29 is 19.2 Å². The van der Waals surface area contributed by atoms with Crippen LogP contribution in [0, 0.1) is 16.0 Å². The average molecular weight is 304 g/mol. The topological polar surface area (TPSA) is 98.5 Å². The number of non-ortho nitro benzene ring substituents is 1. The molecule has 0 radical (unpaired) electrons. The molecule has 22 heavy (non-hydrogen) atoms. The summed E-state index contributed by atoms with van der Waals surface area (Å²) < 4.78 is 4.91. The maximum absolute atomic E-state index is 11.6. The zero-order chi connectivity index (χ0) is 15.9. The molecule has 1 N–H and O–H groups in total. The smallest absolute Gasteiger partial charge is 0.306 e. The normalized spacial score (nSPS) is 16.3. The number of rotatable bonds is 6. The zero-order valence-corrected chi connectivity index (χ0v) is 11.9. The maximum Gasteiger partial charge on any atom is 0.306 e. The van der Waals surface area contributed by atoms with E-state index >= 15 is 0 Å². The van der Waals surface area contributed by atoms with Gasteiger partial charge in [-0.3, -0.25) is 19.7 Å². The Bertz CT molecular complexity index is 594. The van der Waals surface area contributed by atoms with E-state index < -0.39 is 16.8 Å². The Morgan fingerprint density at radius 1 is 1.32 bits per heavy atom. The van der Waals surface area contributed by atoms with Crippen molar-refractivity contribution in [3.8, 4) is 0 Å². The molecule has 7 heteroatoms. The van der Waals surface area contributed by atoms with E-state index in [0.717, 1.165) is 12.8 Å². The van der Waals surface area contributed by atoms with Gasteiger partial charge >= 0.3 is 5.97 Å². The lowest BCUT2D eigenvalue weighted by molar-refractivity contribution is -0.384. The SMILES string of the molecule is O=C(COC(=O)C[C@H]1C=CCC1)Nc1ccc([N+](=O)[O-])cc1. The Morgan fingerprint density at radius 2 is 2.05 bits per heavy atom. The van der Waals surface area contributed by atoms with Crippen molar-refractivity contribution in [1.29, 1.82) is 0 Å². The fourth-order valence-electron chi connectivity index (χ4n) is 2.15. The maximum atomic E-state index is 11.6. The number of nitro benzene ring substituents is 1. The molecule has 2 rings (SSSR count). The lowest BCUT2D eigenvalue weighted by atomic mass is 10.1. The van der Waals surface area contributed by atoms with Crippen LogP contribution in [-0.4, -0.2) is 23.4 Å². The highest BCUT2D eigenvalue weighted by molar-refractivity contribution is 5.92. The predicted octanol–water partition coefficient (Wildman–Crippen LogP) is 2.43. The molecule has 1 aromatic rings. The summed E-state index contributed by atoms with van der Waals surface area (Å²) in [6.45, 7) is -0.369. The molecule has 0 unspecified atom stereocenters. The second-order valence-electron chi connectivity index (χ2n) is 4.98. The van der Waals surface area contributed by atoms with E-state index in [9.17, 15) is 19.7 Å². The van der Waals surface area contributed by atoms with Crippen LogP contribution in [0.2, 0.25) is 0 Å². The quantitative estimate of drug-likeness (QED) is 0.376. The van der Waals surface area contributed by atoms with E-state index in [0.29, 0.717) is 5.69 Å². The molecule has 0 bridgehead atoms. The average Bonchev–Trinajstić information content (AvgIpc) is 2.98. The van der Waals surface area contributed by atoms with Gasteiger partial charge in [-0.1, -0.05) is 12.2 Å². The van der Waals surface area contributed by atoms with Gasteiger partial charge in [0.25, 0.3) is 11.6 Å². The standard InChI is InChI=1S/C15H16N2O5/c18-14(10-22-15(19)9-11-3-1-2-4-11)16-12-5-7-13(8-6-12)17(20)21/h1,3,5-8,11H,2,4,9-10H2,(H,16,18)/t11-/m0/s1. The van der Waals surface area contributed by atoms with Gasteiger partial charge in [0, 0.05) is 17.8 Å². The second kappa shape index (κ2) is 7.35. The second-order valence-corrected chi connectivity index (χ2v) is 4.98. The first-order valence-electron chi connectivity index (χ1n) is 6.91. The minimum absolute atomic E-state index is 0.0611. The fraction of sp³-hybridized carbons (Fsp3) is 0.333. The van der Waals surface area contributed by atoms with E-state index in [1.165, 1.54) is 24.3 Å². The number of carbonyl (C=O) groups excluding carboxylic acids is 2. The molecule has 0 aromatic heterocycles. The molecular weight excluding hydrogens is 288 g/mol. The Morgan fingerprint density at radius 3 is 2.64 bits per heavy atom. The van der Waals surface area contributed by atoms with Crippen molar-refractivity contribution in [3.05, 3.63) is 46.5 Å². The highest BCUT2D eigenvalue weighted by Gasteiger charge is 2.16. The van der Waals surface area contributed by atoms with Gasteiger partial charge in [-0.05, 0) is 30.9 Å². The van der Waals surface area contributed by atoms with Crippen LogP contribution < -0.4 is 5.32 Å². The summed E-state index contributed by atoms with van der Waals surface area (Å²) in [5, 5.41) is 13.0. The minimum Gasteiger partial charge on any atom is -0.456 e. The van der Waals surface area contributed by atoms with Gasteiger partial charge in [0.15, 0.2) is 6.61 Å². The summed E-state index contributed by atoms with van der Waals surface area (Å²) in [5.74, 6) is -0.690. The van der Waals surface area contributed by atoms with Crippen molar-refractivity contribution in [2.75, 3.05) is 11.9 Å². The van der Waals surface area contributed by atoms with Gasteiger partial charge in [0.05, 0.1) is 11.3 Å². The number of benzene rings is 1. The van der Waals surface area contributed by atoms with E-state index in [1.54, 1.807) is 0 Å². The van der Waals surface area contributed by atoms with E-state index in [-0.39, 0.29) is 24.6 Å². The third-order valence-electron chi connectivity index (χ3n) is 3.27. The Balaban J connectivity index is 1.74. The molecule has 1 aromatic carbocycles. The minimum atomic E-state index is -0.523. The van der Waals surface area contributed by atoms with E-state index in [2.05, 4.69) is 5.32 Å². The number of anilines is 1. The van der Waals surface area contributed by atoms with E-state index in [4.69, 9.17) is 4.74 Å². The number of nitrogens with zero attached hydrogens (tertiary/aromatic N) is 1. The van der Waals surface area contributed by atoms with Gasteiger partial charge in [-0.25, -0.2) is 0 Å². The fourth-order valence-corrected chi connectivity index (χ4v) is 2.15. The summed E-state index contributed by atoms with van der Waals surface area (Å²) in [7, 11) is 0. The number of amides is 1. The predicted molar refractivity (Wildman–Crippen MR) is 79.2 cm³/mol. The van der Waals surface area contributed by atoms with Gasteiger partial charge in [-0.15, -0.1) is 0 Å². The van der Waals surface area contributed by atoms with E-state index in [1.807, 2.05) is 12.2 Å². The molecule has 1 aliphatic carbocycles. The van der Waals surface area contributed by atoms with Crippen LogP contribution in [0.4, 0.5) is 11.4 Å². The molecule has 116 valence electrons. The molecule has 7 nitrogen and oxygen atoms in total. The highest BCUT2D eigenvalue weighted by Crippen LogP contribution is 2.20. The molecule has 1 atom stereocenters. The number of carbonyl (C=O) groups is 2. The number of nitro groups is 1. The highest BCUT2D eigenvalue weighted by atomic mass is 16.6. The van der Waals surface area contributed by atoms with Crippen LogP contribution in [-0.2, 0) is 14.3 Å². The Labute approximate surface area is 127 Å². The van der Waals surface area contributed by atoms with Crippen LogP contribution in [0.1, 0.15) is 19.3 Å². The van der Waals surface area contributed by atoms with Gasteiger partial charge in [-0.2, -0.15) is 0 Å². The van der Waals surface area contributed by atoms with Crippen LogP contribution in [0.25, 0.3) is 0 Å². The number of ether oxygens (including phenoxy) is 1. The van der Waals surface area contributed by atoms with Crippen LogP contribution in [0.3, 0.4) is 0 Å². The number of hydrogen-bond donors (Lipinski definition) is 1. The van der Waals surface area contributed by atoms with Gasteiger partial charge in [0.1, 0.15) is 0 Å². The lowest BCUT2D eigenvalue weighted by Crippen LogP contribution is -2.21. The molecule has 0 aliphatic heterocycles. The summed E-state index contributed by atoms with van der Waals surface area (Å²) in [6.07, 6.45) is 6.20. The summed E-state index contributed by atoms with van der Waals surface area (Å²) in [4.78, 5) is 33.2. The van der Waals surface area contributed by atoms with Crippen LogP contribution >= 0.6 is 0 Å². The third kappa shape index (κ3) is 4.69. The molecule has 0 fully saturated rings. The number of allylic oxidation sites excluding steroid dienone is 2. The monoisotopic (exact) mass is 304 g/mol. The first-order chi connectivity index (χ1) is 10.5. The zero-order valence-electron chi connectivity index (χ0n) is 11.9. The van der Waals surface area contributed by atoms with Crippen molar-refractivity contribution in [3.63, 3.8) is 0 Å². The first-order valence-corrected chi connectivity index (χ1v) is 6.91. The summed E-state index contributed by atoms with van der Waals surface area (Å²) in [5.41, 5.74) is 0.347. The molecule has 0 saturated carbocycles. The summed E-state index contributed by atoms with van der Waals surface area (Å²) >= 11 is 0. The molecule has 1 amide bonds.